The maximum absolute atomic E-state index is 5.78. The van der Waals surface area contributed by atoms with E-state index in [2.05, 4.69) is 5.10 Å². The van der Waals surface area contributed by atoms with Crippen LogP contribution in [0.3, 0.4) is 0 Å². The monoisotopic (exact) mass is 194 g/mol. The van der Waals surface area contributed by atoms with Gasteiger partial charge in [0.1, 0.15) is 0 Å². The number of nitrogens with two attached hydrogens (primary N) is 1. The number of hydrogen-bond acceptors (Lipinski definition) is 2. The number of halogens is 1. The van der Waals surface area contributed by atoms with Gasteiger partial charge in [0.2, 0.25) is 0 Å². The van der Waals surface area contributed by atoms with Gasteiger partial charge in [0.15, 0.2) is 0 Å². The molecule has 1 aromatic carbocycles. The zero-order valence-electron chi connectivity index (χ0n) is 7.20. The summed E-state index contributed by atoms with van der Waals surface area (Å²) >= 11 is 5.78. The molecule has 3 heteroatoms. The average molecular weight is 195 g/mol. The smallest absolute Gasteiger partial charge is 0.0703 e. The van der Waals surface area contributed by atoms with Gasteiger partial charge in [-0.1, -0.05) is 23.7 Å². The van der Waals surface area contributed by atoms with Gasteiger partial charge in [0.05, 0.1) is 5.71 Å². The summed E-state index contributed by atoms with van der Waals surface area (Å²) in [6.07, 6.45) is 2.41. The average Bonchev–Trinajstić information content (AvgIpc) is 2.93. The molecule has 1 fully saturated rings. The molecule has 2 nitrogen and oxygen atoms in total. The van der Waals surface area contributed by atoms with E-state index < -0.39 is 0 Å². The molecule has 0 atom stereocenters. The van der Waals surface area contributed by atoms with Crippen LogP contribution in [0.25, 0.3) is 0 Å². The van der Waals surface area contributed by atoms with E-state index in [-0.39, 0.29) is 0 Å². The lowest BCUT2D eigenvalue weighted by Crippen LogP contribution is -2.06. The predicted molar refractivity (Wildman–Crippen MR) is 54.9 cm³/mol. The standard InChI is InChI=1S/C10H11ClN2/c11-9-5-3-8(4-6-9)10(13-12)7-1-2-7/h3-7H,1-2,12H2/b13-10-. The fraction of sp³-hybridized carbons (Fsp3) is 0.300. The lowest BCUT2D eigenvalue weighted by atomic mass is 10.1. The first-order valence-electron chi connectivity index (χ1n) is 4.35. The summed E-state index contributed by atoms with van der Waals surface area (Å²) in [6.45, 7) is 0. The summed E-state index contributed by atoms with van der Waals surface area (Å²) in [6, 6.07) is 7.66. The molecular weight excluding hydrogens is 184 g/mol. The normalized spacial score (nSPS) is 17.5. The number of hydrogen-bond donors (Lipinski definition) is 1. The van der Waals surface area contributed by atoms with Crippen LogP contribution >= 0.6 is 11.6 Å². The van der Waals surface area contributed by atoms with E-state index in [9.17, 15) is 0 Å². The summed E-state index contributed by atoms with van der Waals surface area (Å²) < 4.78 is 0. The highest BCUT2D eigenvalue weighted by Crippen LogP contribution is 2.33. The van der Waals surface area contributed by atoms with Crippen molar-refractivity contribution < 1.29 is 0 Å². The first-order chi connectivity index (χ1) is 6.31. The maximum Gasteiger partial charge on any atom is 0.0703 e. The van der Waals surface area contributed by atoms with Crippen molar-refractivity contribution in [2.75, 3.05) is 0 Å². The number of benzene rings is 1. The van der Waals surface area contributed by atoms with Crippen LogP contribution in [-0.4, -0.2) is 5.71 Å². The molecule has 13 heavy (non-hydrogen) atoms. The van der Waals surface area contributed by atoms with Gasteiger partial charge in [-0.25, -0.2) is 0 Å². The highest BCUT2D eigenvalue weighted by Gasteiger charge is 2.28. The molecule has 0 radical (unpaired) electrons. The molecule has 2 rings (SSSR count). The topological polar surface area (TPSA) is 38.4 Å². The second-order valence-electron chi connectivity index (χ2n) is 3.30. The van der Waals surface area contributed by atoms with Gasteiger partial charge in [0.25, 0.3) is 0 Å². The molecule has 0 bridgehead atoms. The maximum atomic E-state index is 5.78. The first kappa shape index (κ1) is 8.57. The van der Waals surface area contributed by atoms with Crippen LogP contribution in [0.1, 0.15) is 18.4 Å². The Kier molecular flexibility index (Phi) is 2.23. The van der Waals surface area contributed by atoms with Gasteiger partial charge in [0, 0.05) is 10.9 Å². The molecule has 0 saturated heterocycles. The van der Waals surface area contributed by atoms with Gasteiger partial charge in [-0.2, -0.15) is 5.10 Å². The minimum Gasteiger partial charge on any atom is -0.323 e. The minimum absolute atomic E-state index is 0.575. The zero-order chi connectivity index (χ0) is 9.26. The molecule has 0 aliphatic heterocycles. The zero-order valence-corrected chi connectivity index (χ0v) is 7.96. The Morgan fingerprint density at radius 1 is 1.31 bits per heavy atom. The molecule has 0 spiro atoms. The Bertz CT molecular complexity index is 325. The van der Waals surface area contributed by atoms with E-state index in [4.69, 9.17) is 17.4 Å². The molecular formula is C10H11ClN2. The molecule has 2 N–H and O–H groups in total. The molecule has 0 amide bonds. The third-order valence-electron chi connectivity index (χ3n) is 2.24. The van der Waals surface area contributed by atoms with Gasteiger partial charge in [-0.05, 0) is 30.5 Å². The number of nitrogens with zero attached hydrogens (tertiary/aromatic N) is 1. The third-order valence-corrected chi connectivity index (χ3v) is 2.50. The molecule has 68 valence electrons. The van der Waals surface area contributed by atoms with Gasteiger partial charge in [-0.3, -0.25) is 0 Å². The Morgan fingerprint density at radius 3 is 2.38 bits per heavy atom. The van der Waals surface area contributed by atoms with Crippen LogP contribution in [0.15, 0.2) is 29.4 Å². The summed E-state index contributed by atoms with van der Waals surface area (Å²) in [4.78, 5) is 0. The van der Waals surface area contributed by atoms with Crippen LogP contribution < -0.4 is 5.84 Å². The Hall–Kier alpha value is -1.02. The molecule has 0 unspecified atom stereocenters. The first-order valence-corrected chi connectivity index (χ1v) is 4.73. The summed E-state index contributed by atoms with van der Waals surface area (Å²) in [5.74, 6) is 5.91. The molecule has 0 heterocycles. The van der Waals surface area contributed by atoms with Crippen LogP contribution in [0.2, 0.25) is 5.02 Å². The molecule has 1 aromatic rings. The molecule has 1 aliphatic rings. The van der Waals surface area contributed by atoms with Crippen LogP contribution in [0, 0.1) is 5.92 Å². The van der Waals surface area contributed by atoms with E-state index in [0.717, 1.165) is 16.3 Å². The lowest BCUT2D eigenvalue weighted by Gasteiger charge is -2.02. The fourth-order valence-corrected chi connectivity index (χ4v) is 1.52. The van der Waals surface area contributed by atoms with Crippen molar-refractivity contribution in [1.82, 2.24) is 0 Å². The minimum atomic E-state index is 0.575. The second kappa shape index (κ2) is 3.38. The SMILES string of the molecule is N/N=C(\c1ccc(Cl)cc1)C1CC1. The van der Waals surface area contributed by atoms with Crippen molar-refractivity contribution in [2.45, 2.75) is 12.8 Å². The van der Waals surface area contributed by atoms with Crippen LogP contribution in [-0.2, 0) is 0 Å². The highest BCUT2D eigenvalue weighted by molar-refractivity contribution is 6.30. The van der Waals surface area contributed by atoms with Crippen molar-refractivity contribution >= 4 is 17.3 Å². The van der Waals surface area contributed by atoms with E-state index in [1.807, 2.05) is 24.3 Å². The Balaban J connectivity index is 2.28. The lowest BCUT2D eigenvalue weighted by molar-refractivity contribution is 1.12. The van der Waals surface area contributed by atoms with Crippen molar-refractivity contribution in [1.29, 1.82) is 0 Å². The Morgan fingerprint density at radius 2 is 1.92 bits per heavy atom. The van der Waals surface area contributed by atoms with Crippen molar-refractivity contribution in [2.24, 2.45) is 16.9 Å². The van der Waals surface area contributed by atoms with Crippen molar-refractivity contribution in [3.63, 3.8) is 0 Å². The second-order valence-corrected chi connectivity index (χ2v) is 3.73. The Labute approximate surface area is 82.4 Å². The number of rotatable bonds is 2. The number of hydrazone groups is 1. The van der Waals surface area contributed by atoms with E-state index >= 15 is 0 Å². The molecule has 1 aliphatic carbocycles. The molecule has 0 aromatic heterocycles. The summed E-state index contributed by atoms with van der Waals surface area (Å²) in [5.41, 5.74) is 2.10. The van der Waals surface area contributed by atoms with Crippen LogP contribution in [0.5, 0.6) is 0 Å². The summed E-state index contributed by atoms with van der Waals surface area (Å²) in [5, 5.41) is 4.57. The largest absolute Gasteiger partial charge is 0.323 e. The van der Waals surface area contributed by atoms with Gasteiger partial charge >= 0.3 is 0 Å². The predicted octanol–water partition coefficient (Wildman–Crippen LogP) is 2.41. The van der Waals surface area contributed by atoms with Crippen LogP contribution in [0.4, 0.5) is 0 Å². The third kappa shape index (κ3) is 1.83. The van der Waals surface area contributed by atoms with Crippen molar-refractivity contribution in [3.8, 4) is 0 Å². The quantitative estimate of drug-likeness (QED) is 0.438. The molecule has 1 saturated carbocycles. The highest BCUT2D eigenvalue weighted by atomic mass is 35.5. The van der Waals surface area contributed by atoms with E-state index in [1.54, 1.807) is 0 Å². The van der Waals surface area contributed by atoms with Crippen molar-refractivity contribution in [3.05, 3.63) is 34.9 Å². The fourth-order valence-electron chi connectivity index (χ4n) is 1.39. The van der Waals surface area contributed by atoms with E-state index in [0.29, 0.717) is 5.92 Å². The van der Waals surface area contributed by atoms with E-state index in [1.165, 1.54) is 12.8 Å². The summed E-state index contributed by atoms with van der Waals surface area (Å²) in [7, 11) is 0. The van der Waals surface area contributed by atoms with Gasteiger partial charge < -0.3 is 5.84 Å². The van der Waals surface area contributed by atoms with Gasteiger partial charge in [-0.15, -0.1) is 0 Å².